The molecule has 0 saturated carbocycles. The SMILES string of the molecule is O=S(=O)(NCCN1CCN(c2ccccc2F)CC1)c1ccc2ccccc2c1. The Labute approximate surface area is 170 Å². The zero-order chi connectivity index (χ0) is 20.3. The Morgan fingerprint density at radius 2 is 1.55 bits per heavy atom. The van der Waals surface area contributed by atoms with Gasteiger partial charge in [-0.25, -0.2) is 17.5 Å². The first kappa shape index (κ1) is 19.8. The van der Waals surface area contributed by atoms with Gasteiger partial charge in [0.2, 0.25) is 10.0 Å². The van der Waals surface area contributed by atoms with Crippen molar-refractivity contribution in [1.82, 2.24) is 9.62 Å². The maximum atomic E-state index is 13.9. The van der Waals surface area contributed by atoms with Gasteiger partial charge in [0.15, 0.2) is 0 Å². The number of sulfonamides is 1. The molecule has 1 heterocycles. The van der Waals surface area contributed by atoms with E-state index in [0.717, 1.165) is 37.0 Å². The molecule has 7 heteroatoms. The predicted molar refractivity (Wildman–Crippen MR) is 114 cm³/mol. The highest BCUT2D eigenvalue weighted by Gasteiger charge is 2.20. The van der Waals surface area contributed by atoms with Crippen LogP contribution < -0.4 is 9.62 Å². The topological polar surface area (TPSA) is 52.7 Å². The molecule has 4 rings (SSSR count). The van der Waals surface area contributed by atoms with E-state index in [1.807, 2.05) is 41.3 Å². The zero-order valence-corrected chi connectivity index (χ0v) is 16.9. The van der Waals surface area contributed by atoms with Crippen LogP contribution in [0, 0.1) is 5.82 Å². The second-order valence-electron chi connectivity index (χ2n) is 7.19. The molecule has 0 amide bonds. The van der Waals surface area contributed by atoms with Crippen LogP contribution >= 0.6 is 0 Å². The number of piperazine rings is 1. The minimum Gasteiger partial charge on any atom is -0.367 e. The summed E-state index contributed by atoms with van der Waals surface area (Å²) < 4.78 is 41.9. The van der Waals surface area contributed by atoms with E-state index in [1.54, 1.807) is 24.3 Å². The van der Waals surface area contributed by atoms with Gasteiger partial charge in [-0.1, -0.05) is 42.5 Å². The maximum Gasteiger partial charge on any atom is 0.240 e. The van der Waals surface area contributed by atoms with E-state index in [0.29, 0.717) is 18.8 Å². The van der Waals surface area contributed by atoms with Gasteiger partial charge in [0, 0.05) is 39.3 Å². The van der Waals surface area contributed by atoms with E-state index in [-0.39, 0.29) is 10.7 Å². The molecule has 152 valence electrons. The summed E-state index contributed by atoms with van der Waals surface area (Å²) in [6.45, 7) is 3.95. The molecule has 29 heavy (non-hydrogen) atoms. The quantitative estimate of drug-likeness (QED) is 0.675. The number of halogens is 1. The molecule has 1 saturated heterocycles. The van der Waals surface area contributed by atoms with Crippen LogP contribution in [0.4, 0.5) is 10.1 Å². The second-order valence-corrected chi connectivity index (χ2v) is 8.95. The van der Waals surface area contributed by atoms with Crippen molar-refractivity contribution in [3.05, 3.63) is 72.5 Å². The number of anilines is 1. The van der Waals surface area contributed by atoms with Gasteiger partial charge in [0.1, 0.15) is 5.82 Å². The van der Waals surface area contributed by atoms with Crippen molar-refractivity contribution in [3.8, 4) is 0 Å². The van der Waals surface area contributed by atoms with Gasteiger partial charge >= 0.3 is 0 Å². The first-order valence-corrected chi connectivity index (χ1v) is 11.2. The van der Waals surface area contributed by atoms with Crippen molar-refractivity contribution >= 4 is 26.5 Å². The molecule has 0 unspecified atom stereocenters. The molecule has 1 aliphatic rings. The number of nitrogens with one attached hydrogen (secondary N) is 1. The summed E-state index contributed by atoms with van der Waals surface area (Å²) in [4.78, 5) is 4.51. The molecule has 0 aromatic heterocycles. The molecule has 0 atom stereocenters. The van der Waals surface area contributed by atoms with Crippen LogP contribution in [0.15, 0.2) is 71.6 Å². The summed E-state index contributed by atoms with van der Waals surface area (Å²) in [6.07, 6.45) is 0. The molecule has 0 bridgehead atoms. The Morgan fingerprint density at radius 1 is 0.862 bits per heavy atom. The van der Waals surface area contributed by atoms with Crippen molar-refractivity contribution < 1.29 is 12.8 Å². The smallest absolute Gasteiger partial charge is 0.240 e. The molecule has 3 aromatic rings. The summed E-state index contributed by atoms with van der Waals surface area (Å²) in [5.41, 5.74) is 0.629. The van der Waals surface area contributed by atoms with Crippen LogP contribution in [0.1, 0.15) is 0 Å². The third kappa shape index (κ3) is 4.58. The lowest BCUT2D eigenvalue weighted by atomic mass is 10.1. The van der Waals surface area contributed by atoms with Crippen LogP contribution in [0.25, 0.3) is 10.8 Å². The van der Waals surface area contributed by atoms with Crippen molar-refractivity contribution in [2.75, 3.05) is 44.2 Å². The lowest BCUT2D eigenvalue weighted by Gasteiger charge is -2.36. The highest BCUT2D eigenvalue weighted by atomic mass is 32.2. The molecule has 1 N–H and O–H groups in total. The number of fused-ring (bicyclic) bond motifs is 1. The number of nitrogens with zero attached hydrogens (tertiary/aromatic N) is 2. The maximum absolute atomic E-state index is 13.9. The fraction of sp³-hybridized carbons (Fsp3) is 0.273. The van der Waals surface area contributed by atoms with Crippen molar-refractivity contribution in [3.63, 3.8) is 0 Å². The minimum atomic E-state index is -3.55. The molecule has 0 aliphatic carbocycles. The van der Waals surface area contributed by atoms with Crippen LogP contribution in [0.5, 0.6) is 0 Å². The van der Waals surface area contributed by atoms with Crippen molar-refractivity contribution in [1.29, 1.82) is 0 Å². The fourth-order valence-electron chi connectivity index (χ4n) is 3.68. The number of hydrogen-bond acceptors (Lipinski definition) is 4. The highest BCUT2D eigenvalue weighted by Crippen LogP contribution is 2.20. The van der Waals surface area contributed by atoms with Crippen LogP contribution in [0.3, 0.4) is 0 Å². The molecule has 0 spiro atoms. The van der Waals surface area contributed by atoms with Gasteiger partial charge in [-0.05, 0) is 35.0 Å². The summed E-state index contributed by atoms with van der Waals surface area (Å²) in [5.74, 6) is -0.205. The van der Waals surface area contributed by atoms with Gasteiger partial charge < -0.3 is 4.90 Å². The van der Waals surface area contributed by atoms with E-state index in [2.05, 4.69) is 9.62 Å². The number of benzene rings is 3. The molecule has 0 radical (unpaired) electrons. The number of para-hydroxylation sites is 1. The fourth-order valence-corrected chi connectivity index (χ4v) is 4.73. The third-order valence-electron chi connectivity index (χ3n) is 5.32. The summed E-state index contributed by atoms with van der Waals surface area (Å²) in [7, 11) is -3.55. The summed E-state index contributed by atoms with van der Waals surface area (Å²) >= 11 is 0. The van der Waals surface area contributed by atoms with E-state index in [4.69, 9.17) is 0 Å². The van der Waals surface area contributed by atoms with E-state index in [1.165, 1.54) is 6.07 Å². The largest absolute Gasteiger partial charge is 0.367 e. The molecule has 1 aliphatic heterocycles. The Morgan fingerprint density at radius 3 is 2.31 bits per heavy atom. The normalized spacial score (nSPS) is 15.7. The van der Waals surface area contributed by atoms with E-state index in [9.17, 15) is 12.8 Å². The predicted octanol–water partition coefficient (Wildman–Crippen LogP) is 3.08. The van der Waals surface area contributed by atoms with Crippen LogP contribution in [0.2, 0.25) is 0 Å². The molecule has 1 fully saturated rings. The Bertz CT molecular complexity index is 1100. The summed E-state index contributed by atoms with van der Waals surface area (Å²) in [5, 5.41) is 1.92. The van der Waals surface area contributed by atoms with Crippen molar-refractivity contribution in [2.24, 2.45) is 0 Å². The van der Waals surface area contributed by atoms with E-state index < -0.39 is 10.0 Å². The Hall–Kier alpha value is -2.48. The molecule has 3 aromatic carbocycles. The highest BCUT2D eigenvalue weighted by molar-refractivity contribution is 7.89. The average Bonchev–Trinajstić information content (AvgIpc) is 2.74. The van der Waals surface area contributed by atoms with E-state index >= 15 is 0 Å². The Balaban J connectivity index is 1.30. The minimum absolute atomic E-state index is 0.205. The first-order valence-electron chi connectivity index (χ1n) is 9.73. The van der Waals surface area contributed by atoms with Crippen LogP contribution in [-0.2, 0) is 10.0 Å². The first-order chi connectivity index (χ1) is 14.0. The summed E-state index contributed by atoms with van der Waals surface area (Å²) in [6, 6.07) is 19.7. The van der Waals surface area contributed by atoms with Gasteiger partial charge in [-0.3, -0.25) is 4.90 Å². The monoisotopic (exact) mass is 413 g/mol. The number of hydrogen-bond donors (Lipinski definition) is 1. The lowest BCUT2D eigenvalue weighted by Crippen LogP contribution is -2.48. The van der Waals surface area contributed by atoms with Gasteiger partial charge in [0.25, 0.3) is 0 Å². The van der Waals surface area contributed by atoms with Gasteiger partial charge in [-0.15, -0.1) is 0 Å². The Kier molecular flexibility index (Phi) is 5.80. The standard InChI is InChI=1S/C22H24FN3O2S/c23-21-7-3-4-8-22(21)26-15-13-25(14-16-26)12-11-24-29(27,28)20-10-9-18-5-1-2-6-19(18)17-20/h1-10,17,24H,11-16H2. The van der Waals surface area contributed by atoms with Crippen molar-refractivity contribution in [2.45, 2.75) is 4.90 Å². The zero-order valence-electron chi connectivity index (χ0n) is 16.1. The van der Waals surface area contributed by atoms with Gasteiger partial charge in [-0.2, -0.15) is 0 Å². The average molecular weight is 414 g/mol. The molecular weight excluding hydrogens is 389 g/mol. The lowest BCUT2D eigenvalue weighted by molar-refractivity contribution is 0.261. The number of rotatable bonds is 6. The molecular formula is C22H24FN3O2S. The second kappa shape index (κ2) is 8.49. The van der Waals surface area contributed by atoms with Gasteiger partial charge in [0.05, 0.1) is 10.6 Å². The third-order valence-corrected chi connectivity index (χ3v) is 6.78. The van der Waals surface area contributed by atoms with Crippen LogP contribution in [-0.4, -0.2) is 52.6 Å². The molecule has 5 nitrogen and oxygen atoms in total.